The first-order chi connectivity index (χ1) is 8.09. The monoisotopic (exact) mass is 260 g/mol. The van der Waals surface area contributed by atoms with Crippen LogP contribution in [0.1, 0.15) is 37.9 Å². The van der Waals surface area contributed by atoms with Crippen LogP contribution in [0.2, 0.25) is 0 Å². The molecule has 0 spiro atoms. The van der Waals surface area contributed by atoms with E-state index < -0.39 is 17.3 Å². The number of hydrogen-bond acceptors (Lipinski definition) is 2. The normalized spacial score (nSPS) is 14.6. The second-order valence-corrected chi connectivity index (χ2v) is 5.21. The Balaban J connectivity index is 2.78. The van der Waals surface area contributed by atoms with Gasteiger partial charge in [-0.05, 0) is 38.5 Å². The molecule has 1 unspecified atom stereocenters. The minimum atomic E-state index is -4.30. The zero-order valence-electron chi connectivity index (χ0n) is 10.8. The Bertz CT molecular complexity index is 394. The zero-order valence-corrected chi connectivity index (χ0v) is 10.8. The van der Waals surface area contributed by atoms with Crippen molar-refractivity contribution in [2.24, 2.45) is 5.73 Å². The average molecular weight is 260 g/mol. The molecule has 102 valence electrons. The van der Waals surface area contributed by atoms with Gasteiger partial charge in [0.25, 0.3) is 0 Å². The molecule has 0 fully saturated rings. The molecule has 3 N–H and O–H groups in total. The van der Waals surface area contributed by atoms with Gasteiger partial charge in [-0.15, -0.1) is 0 Å². The molecule has 0 saturated carbocycles. The van der Waals surface area contributed by atoms with Crippen molar-refractivity contribution < 1.29 is 13.2 Å². The van der Waals surface area contributed by atoms with E-state index in [0.717, 1.165) is 6.07 Å². The largest absolute Gasteiger partial charge is 0.416 e. The fourth-order valence-electron chi connectivity index (χ4n) is 1.52. The van der Waals surface area contributed by atoms with Gasteiger partial charge >= 0.3 is 6.18 Å². The lowest BCUT2D eigenvalue weighted by atomic mass is 10.0. The van der Waals surface area contributed by atoms with E-state index in [-0.39, 0.29) is 6.04 Å². The third kappa shape index (κ3) is 4.66. The van der Waals surface area contributed by atoms with Crippen LogP contribution in [0.5, 0.6) is 0 Å². The van der Waals surface area contributed by atoms with Gasteiger partial charge in [0.15, 0.2) is 0 Å². The standard InChI is InChI=1S/C13H19F3N2/c1-9(18-8-12(2,3)17)10-5-4-6-11(7-10)13(14,15)16/h4-7,9,18H,8,17H2,1-3H3. The first-order valence-electron chi connectivity index (χ1n) is 5.79. The summed E-state index contributed by atoms with van der Waals surface area (Å²) in [6.07, 6.45) is -4.30. The van der Waals surface area contributed by atoms with Crippen LogP contribution in [-0.2, 0) is 6.18 Å². The van der Waals surface area contributed by atoms with Crippen molar-refractivity contribution in [3.63, 3.8) is 0 Å². The fourth-order valence-corrected chi connectivity index (χ4v) is 1.52. The van der Waals surface area contributed by atoms with Crippen LogP contribution >= 0.6 is 0 Å². The van der Waals surface area contributed by atoms with Crippen LogP contribution in [0.3, 0.4) is 0 Å². The molecule has 1 aromatic rings. The molecule has 0 aliphatic heterocycles. The Hall–Kier alpha value is -1.07. The Morgan fingerprint density at radius 3 is 2.39 bits per heavy atom. The SMILES string of the molecule is CC(NCC(C)(C)N)c1cccc(C(F)(F)F)c1. The van der Waals surface area contributed by atoms with Gasteiger partial charge in [0.1, 0.15) is 0 Å². The van der Waals surface area contributed by atoms with Crippen LogP contribution in [0.4, 0.5) is 13.2 Å². The molecule has 1 aromatic carbocycles. The number of halogens is 3. The number of benzene rings is 1. The predicted molar refractivity (Wildman–Crippen MR) is 66.1 cm³/mol. The number of alkyl halides is 3. The number of rotatable bonds is 4. The van der Waals surface area contributed by atoms with Crippen molar-refractivity contribution in [1.82, 2.24) is 5.32 Å². The third-order valence-electron chi connectivity index (χ3n) is 2.58. The topological polar surface area (TPSA) is 38.0 Å². The van der Waals surface area contributed by atoms with Crippen molar-refractivity contribution in [1.29, 1.82) is 0 Å². The Morgan fingerprint density at radius 1 is 1.28 bits per heavy atom. The molecule has 0 aliphatic rings. The molecule has 1 atom stereocenters. The summed E-state index contributed by atoms with van der Waals surface area (Å²) in [4.78, 5) is 0. The zero-order chi connectivity index (χ0) is 14.0. The second-order valence-electron chi connectivity index (χ2n) is 5.21. The van der Waals surface area contributed by atoms with Crippen LogP contribution in [0, 0.1) is 0 Å². The molecule has 0 heterocycles. The van der Waals surface area contributed by atoms with Crippen LogP contribution < -0.4 is 11.1 Å². The van der Waals surface area contributed by atoms with E-state index >= 15 is 0 Å². The number of nitrogens with one attached hydrogen (secondary N) is 1. The number of nitrogens with two attached hydrogens (primary N) is 1. The van der Waals surface area contributed by atoms with E-state index in [1.165, 1.54) is 12.1 Å². The third-order valence-corrected chi connectivity index (χ3v) is 2.58. The summed E-state index contributed by atoms with van der Waals surface area (Å²) in [5.41, 5.74) is 5.41. The van der Waals surface area contributed by atoms with E-state index in [0.29, 0.717) is 12.1 Å². The summed E-state index contributed by atoms with van der Waals surface area (Å²) in [7, 11) is 0. The van der Waals surface area contributed by atoms with E-state index in [2.05, 4.69) is 5.32 Å². The van der Waals surface area contributed by atoms with Gasteiger partial charge in [-0.25, -0.2) is 0 Å². The van der Waals surface area contributed by atoms with Gasteiger partial charge in [0, 0.05) is 18.1 Å². The maximum absolute atomic E-state index is 12.6. The number of hydrogen-bond donors (Lipinski definition) is 2. The molecular formula is C13H19F3N2. The predicted octanol–water partition coefficient (Wildman–Crippen LogP) is 3.09. The van der Waals surface area contributed by atoms with Gasteiger partial charge in [-0.2, -0.15) is 13.2 Å². The minimum absolute atomic E-state index is 0.171. The quantitative estimate of drug-likeness (QED) is 0.873. The van der Waals surface area contributed by atoms with E-state index in [4.69, 9.17) is 5.73 Å². The van der Waals surface area contributed by atoms with Crippen molar-refractivity contribution in [2.45, 2.75) is 38.5 Å². The highest BCUT2D eigenvalue weighted by molar-refractivity contribution is 5.27. The van der Waals surface area contributed by atoms with Gasteiger partial charge in [0.2, 0.25) is 0 Å². The lowest BCUT2D eigenvalue weighted by Crippen LogP contribution is -2.43. The summed E-state index contributed by atoms with van der Waals surface area (Å²) < 4.78 is 37.7. The van der Waals surface area contributed by atoms with Crippen LogP contribution in [0.15, 0.2) is 24.3 Å². The van der Waals surface area contributed by atoms with Crippen molar-refractivity contribution >= 4 is 0 Å². The van der Waals surface area contributed by atoms with Crippen molar-refractivity contribution in [3.05, 3.63) is 35.4 Å². The molecule has 0 aliphatic carbocycles. The second kappa shape index (κ2) is 5.28. The molecular weight excluding hydrogens is 241 g/mol. The first-order valence-corrected chi connectivity index (χ1v) is 5.79. The van der Waals surface area contributed by atoms with Gasteiger partial charge in [-0.1, -0.05) is 12.1 Å². The highest BCUT2D eigenvalue weighted by Gasteiger charge is 2.30. The Kier molecular flexibility index (Phi) is 4.40. The van der Waals surface area contributed by atoms with E-state index in [9.17, 15) is 13.2 Å². The maximum Gasteiger partial charge on any atom is 0.416 e. The van der Waals surface area contributed by atoms with Gasteiger partial charge in [-0.3, -0.25) is 0 Å². The minimum Gasteiger partial charge on any atom is -0.324 e. The molecule has 0 saturated heterocycles. The van der Waals surface area contributed by atoms with Crippen LogP contribution in [-0.4, -0.2) is 12.1 Å². The lowest BCUT2D eigenvalue weighted by Gasteiger charge is -2.23. The maximum atomic E-state index is 12.6. The first kappa shape index (κ1) is 15.0. The molecule has 5 heteroatoms. The Labute approximate surface area is 105 Å². The summed E-state index contributed by atoms with van der Waals surface area (Å²) >= 11 is 0. The highest BCUT2D eigenvalue weighted by atomic mass is 19.4. The van der Waals surface area contributed by atoms with Crippen LogP contribution in [0.25, 0.3) is 0 Å². The van der Waals surface area contributed by atoms with E-state index in [1.807, 2.05) is 20.8 Å². The fraction of sp³-hybridized carbons (Fsp3) is 0.538. The highest BCUT2D eigenvalue weighted by Crippen LogP contribution is 2.30. The molecule has 2 nitrogen and oxygen atoms in total. The summed E-state index contributed by atoms with van der Waals surface area (Å²) in [5.74, 6) is 0. The van der Waals surface area contributed by atoms with Crippen molar-refractivity contribution in [3.8, 4) is 0 Å². The smallest absolute Gasteiger partial charge is 0.324 e. The molecule has 1 rings (SSSR count). The molecule has 18 heavy (non-hydrogen) atoms. The van der Waals surface area contributed by atoms with Gasteiger partial charge in [0.05, 0.1) is 5.56 Å². The lowest BCUT2D eigenvalue weighted by molar-refractivity contribution is -0.137. The summed E-state index contributed by atoms with van der Waals surface area (Å²) in [5, 5.41) is 3.13. The molecule has 0 bridgehead atoms. The summed E-state index contributed by atoms with van der Waals surface area (Å²) in [6.45, 7) is 6.07. The van der Waals surface area contributed by atoms with E-state index in [1.54, 1.807) is 6.07 Å². The Morgan fingerprint density at radius 2 is 1.89 bits per heavy atom. The molecule has 0 radical (unpaired) electrons. The average Bonchev–Trinajstić information content (AvgIpc) is 2.24. The van der Waals surface area contributed by atoms with Gasteiger partial charge < -0.3 is 11.1 Å². The molecule has 0 amide bonds. The summed E-state index contributed by atoms with van der Waals surface area (Å²) in [6, 6.07) is 5.17. The van der Waals surface area contributed by atoms with Crippen molar-refractivity contribution in [2.75, 3.05) is 6.54 Å². The molecule has 0 aromatic heterocycles.